The van der Waals surface area contributed by atoms with Crippen LogP contribution in [0.3, 0.4) is 0 Å². The summed E-state index contributed by atoms with van der Waals surface area (Å²) >= 11 is 0. The molecule has 1 rings (SSSR count). The van der Waals surface area contributed by atoms with E-state index in [2.05, 4.69) is 42.3 Å². The maximum Gasteiger partial charge on any atom is 0.256 e. The first-order chi connectivity index (χ1) is 21.3. The fourth-order valence-electron chi connectivity index (χ4n) is 6.86. The summed E-state index contributed by atoms with van der Waals surface area (Å²) in [5, 5.41) is 0. The first kappa shape index (κ1) is 40.2. The van der Waals surface area contributed by atoms with E-state index in [1.54, 1.807) is 5.82 Å². The highest BCUT2D eigenvalue weighted by atomic mass is 15.1. The maximum atomic E-state index is 2.63. The smallest absolute Gasteiger partial charge is 0.234 e. The minimum Gasteiger partial charge on any atom is -0.234 e. The minimum absolute atomic E-state index is 1.23. The highest BCUT2D eigenvalue weighted by Gasteiger charge is 2.16. The van der Waals surface area contributed by atoms with Gasteiger partial charge in [0.2, 0.25) is 0 Å². The molecule has 1 aromatic rings. The summed E-state index contributed by atoms with van der Waals surface area (Å²) in [7, 11) is 0. The topological polar surface area (TPSA) is 8.81 Å². The number of rotatable bonds is 35. The van der Waals surface area contributed by atoms with Gasteiger partial charge in [0, 0.05) is 6.42 Å². The minimum atomic E-state index is 1.23. The molecule has 0 atom stereocenters. The van der Waals surface area contributed by atoms with Gasteiger partial charge in [-0.25, -0.2) is 9.13 Å². The number of unbranched alkanes of at least 4 members (excludes halogenated alkanes) is 29. The van der Waals surface area contributed by atoms with Crippen LogP contribution < -0.4 is 4.57 Å². The van der Waals surface area contributed by atoms with Crippen molar-refractivity contribution in [2.45, 2.75) is 246 Å². The van der Waals surface area contributed by atoms with Crippen molar-refractivity contribution < 1.29 is 4.57 Å². The second kappa shape index (κ2) is 32.6. The first-order valence-electron chi connectivity index (χ1n) is 20.4. The molecule has 0 unspecified atom stereocenters. The van der Waals surface area contributed by atoms with Gasteiger partial charge < -0.3 is 0 Å². The molecule has 0 saturated heterocycles. The molecule has 0 aliphatic carbocycles. The SMILES string of the molecule is CCCCCCCCCCCCCCCCCc1n(CCCCCCCCCCCCCC)cc[n+]1CCCCCCC. The zero-order chi connectivity index (χ0) is 30.9. The van der Waals surface area contributed by atoms with Crippen molar-refractivity contribution in [3.63, 3.8) is 0 Å². The molecule has 0 aliphatic rings. The lowest BCUT2D eigenvalue weighted by Gasteiger charge is -2.07. The highest BCUT2D eigenvalue weighted by Crippen LogP contribution is 2.16. The summed E-state index contributed by atoms with van der Waals surface area (Å²) in [6, 6.07) is 0. The molecule has 0 radical (unpaired) electrons. The van der Waals surface area contributed by atoms with E-state index in [-0.39, 0.29) is 0 Å². The van der Waals surface area contributed by atoms with Crippen LogP contribution >= 0.6 is 0 Å². The molecule has 0 aliphatic heterocycles. The Morgan fingerprint density at radius 2 is 0.721 bits per heavy atom. The summed E-state index contributed by atoms with van der Waals surface area (Å²) in [6.07, 6.45) is 51.9. The van der Waals surface area contributed by atoms with E-state index >= 15 is 0 Å². The largest absolute Gasteiger partial charge is 0.256 e. The van der Waals surface area contributed by atoms with Crippen LogP contribution in [0, 0.1) is 0 Å². The van der Waals surface area contributed by atoms with Gasteiger partial charge in [-0.15, -0.1) is 0 Å². The van der Waals surface area contributed by atoms with Gasteiger partial charge in [0.25, 0.3) is 5.82 Å². The molecule has 0 spiro atoms. The molecular weight excluding hydrogens is 520 g/mol. The summed E-state index contributed by atoms with van der Waals surface area (Å²) in [4.78, 5) is 0. The average Bonchev–Trinajstić information content (AvgIpc) is 3.40. The monoisotopic (exact) mass is 602 g/mol. The second-order valence-corrected chi connectivity index (χ2v) is 14.1. The van der Waals surface area contributed by atoms with Crippen molar-refractivity contribution in [2.24, 2.45) is 0 Å². The standard InChI is InChI=1S/C41H81N2/c1-4-7-10-13-15-17-19-21-22-23-24-26-28-30-33-36-41-42(37-34-31-12-9-6-3)39-40-43(41)38-35-32-29-27-25-20-18-16-14-11-8-5-2/h39-40H,4-38H2,1-3H3/q+1. The second-order valence-electron chi connectivity index (χ2n) is 14.1. The zero-order valence-electron chi connectivity index (χ0n) is 30.3. The molecule has 0 bridgehead atoms. The van der Waals surface area contributed by atoms with E-state index in [1.807, 2.05) is 0 Å². The number of imidazole rings is 1. The molecule has 0 amide bonds. The maximum absolute atomic E-state index is 2.63. The predicted molar refractivity (Wildman–Crippen MR) is 193 cm³/mol. The van der Waals surface area contributed by atoms with E-state index in [0.29, 0.717) is 0 Å². The number of nitrogens with zero attached hydrogens (tertiary/aromatic N) is 2. The Labute approximate surface area is 272 Å². The van der Waals surface area contributed by atoms with Crippen molar-refractivity contribution in [1.29, 1.82) is 0 Å². The van der Waals surface area contributed by atoms with Crippen LogP contribution in [0.4, 0.5) is 0 Å². The molecule has 254 valence electrons. The molecule has 2 nitrogen and oxygen atoms in total. The van der Waals surface area contributed by atoms with Crippen LogP contribution in [0.25, 0.3) is 0 Å². The third-order valence-corrected chi connectivity index (χ3v) is 9.85. The predicted octanol–water partition coefficient (Wildman–Crippen LogP) is 13.9. The van der Waals surface area contributed by atoms with E-state index in [4.69, 9.17) is 0 Å². The Morgan fingerprint density at radius 1 is 0.395 bits per heavy atom. The van der Waals surface area contributed by atoms with Gasteiger partial charge in [-0.05, 0) is 32.1 Å². The quantitative estimate of drug-likeness (QED) is 0.0540. The molecule has 1 aromatic heterocycles. The van der Waals surface area contributed by atoms with E-state index < -0.39 is 0 Å². The third-order valence-electron chi connectivity index (χ3n) is 9.85. The first-order valence-corrected chi connectivity index (χ1v) is 20.4. The number of hydrogen-bond acceptors (Lipinski definition) is 0. The third kappa shape index (κ3) is 25.1. The summed E-state index contributed by atoms with van der Waals surface area (Å²) in [6.45, 7) is 9.40. The van der Waals surface area contributed by atoms with Crippen LogP contribution in [-0.4, -0.2) is 4.57 Å². The molecule has 0 saturated carbocycles. The lowest BCUT2D eigenvalue weighted by molar-refractivity contribution is -0.704. The van der Waals surface area contributed by atoms with Crippen LogP contribution in [0.1, 0.15) is 232 Å². The van der Waals surface area contributed by atoms with Gasteiger partial charge in [-0.2, -0.15) is 0 Å². The Morgan fingerprint density at radius 3 is 1.12 bits per heavy atom. The van der Waals surface area contributed by atoms with E-state index in [9.17, 15) is 0 Å². The fourth-order valence-corrected chi connectivity index (χ4v) is 6.86. The van der Waals surface area contributed by atoms with Gasteiger partial charge in [-0.3, -0.25) is 0 Å². The Kier molecular flexibility index (Phi) is 30.5. The lowest BCUT2D eigenvalue weighted by atomic mass is 10.0. The van der Waals surface area contributed by atoms with Crippen molar-refractivity contribution >= 4 is 0 Å². The van der Waals surface area contributed by atoms with Crippen molar-refractivity contribution in [2.75, 3.05) is 0 Å². The van der Waals surface area contributed by atoms with Gasteiger partial charge in [0.15, 0.2) is 0 Å². The number of aryl methyl sites for hydroxylation is 2. The summed E-state index contributed by atoms with van der Waals surface area (Å²) in [5.74, 6) is 1.62. The lowest BCUT2D eigenvalue weighted by Crippen LogP contribution is -2.37. The van der Waals surface area contributed by atoms with Crippen molar-refractivity contribution in [3.05, 3.63) is 18.2 Å². The van der Waals surface area contributed by atoms with Crippen LogP contribution in [0.5, 0.6) is 0 Å². The summed E-state index contributed by atoms with van der Waals surface area (Å²) < 4.78 is 5.25. The van der Waals surface area contributed by atoms with Crippen LogP contribution in [0.15, 0.2) is 12.4 Å². The molecule has 2 heteroatoms. The van der Waals surface area contributed by atoms with Gasteiger partial charge in [0.1, 0.15) is 12.4 Å². The molecule has 0 fully saturated rings. The number of hydrogen-bond donors (Lipinski definition) is 0. The molecule has 0 N–H and O–H groups in total. The molecular formula is C41H81N2+. The average molecular weight is 602 g/mol. The number of aromatic nitrogens is 2. The van der Waals surface area contributed by atoms with Crippen molar-refractivity contribution in [1.82, 2.24) is 4.57 Å². The normalized spacial score (nSPS) is 11.6. The zero-order valence-corrected chi connectivity index (χ0v) is 30.3. The van der Waals surface area contributed by atoms with E-state index in [1.165, 1.54) is 225 Å². The van der Waals surface area contributed by atoms with Gasteiger partial charge in [-0.1, -0.05) is 194 Å². The van der Waals surface area contributed by atoms with Crippen molar-refractivity contribution in [3.8, 4) is 0 Å². The molecule has 43 heavy (non-hydrogen) atoms. The van der Waals surface area contributed by atoms with Gasteiger partial charge in [0.05, 0.1) is 13.1 Å². The Bertz CT molecular complexity index is 663. The van der Waals surface area contributed by atoms with Crippen LogP contribution in [0.2, 0.25) is 0 Å². The van der Waals surface area contributed by atoms with Gasteiger partial charge >= 0.3 is 0 Å². The highest BCUT2D eigenvalue weighted by molar-refractivity contribution is 4.84. The molecule has 0 aromatic carbocycles. The van der Waals surface area contributed by atoms with E-state index in [0.717, 1.165) is 0 Å². The Hall–Kier alpha value is -0.790. The summed E-state index contributed by atoms with van der Waals surface area (Å²) in [5.41, 5.74) is 0. The molecule has 1 heterocycles. The Balaban J connectivity index is 2.20. The fraction of sp³-hybridized carbons (Fsp3) is 0.927. The van der Waals surface area contributed by atoms with Crippen LogP contribution in [-0.2, 0) is 19.5 Å².